The molecule has 0 aromatic heterocycles. The van der Waals surface area contributed by atoms with Gasteiger partial charge in [0.25, 0.3) is 10.0 Å². The Labute approximate surface area is 198 Å². The van der Waals surface area contributed by atoms with Gasteiger partial charge in [0.1, 0.15) is 11.5 Å². The van der Waals surface area contributed by atoms with Gasteiger partial charge in [-0.05, 0) is 62.4 Å². The number of hydrogen-bond donors (Lipinski definition) is 2. The van der Waals surface area contributed by atoms with E-state index in [1.165, 1.54) is 38.1 Å². The van der Waals surface area contributed by atoms with Gasteiger partial charge in [0.2, 0.25) is 5.91 Å². The quantitative estimate of drug-likeness (QED) is 0.417. The molecule has 174 valence electrons. The van der Waals surface area contributed by atoms with E-state index in [0.29, 0.717) is 17.2 Å². The third-order valence-electron chi connectivity index (χ3n) is 4.79. The van der Waals surface area contributed by atoms with Crippen LogP contribution in [-0.4, -0.2) is 33.8 Å². The predicted octanol–water partition coefficient (Wildman–Crippen LogP) is 4.93. The van der Waals surface area contributed by atoms with Gasteiger partial charge in [-0.3, -0.25) is 9.52 Å². The molecule has 0 radical (unpaired) electrons. The Kier molecular flexibility index (Phi) is 7.88. The van der Waals surface area contributed by atoms with Crippen LogP contribution in [0.2, 0.25) is 0 Å². The fourth-order valence-corrected chi connectivity index (χ4v) is 4.86. The van der Waals surface area contributed by atoms with Crippen LogP contribution in [0, 0.1) is 6.92 Å². The highest BCUT2D eigenvalue weighted by Gasteiger charge is 2.18. The van der Waals surface area contributed by atoms with Gasteiger partial charge in [-0.25, -0.2) is 8.42 Å². The van der Waals surface area contributed by atoms with E-state index >= 15 is 0 Å². The molecule has 2 N–H and O–H groups in total. The zero-order valence-corrected chi connectivity index (χ0v) is 20.4. The van der Waals surface area contributed by atoms with Crippen LogP contribution in [0.4, 0.5) is 11.4 Å². The minimum atomic E-state index is -3.86. The second kappa shape index (κ2) is 10.6. The normalized spacial score (nSPS) is 12.0. The topological polar surface area (TPSA) is 93.7 Å². The molecule has 0 saturated heterocycles. The Bertz CT molecular complexity index is 1210. The van der Waals surface area contributed by atoms with Gasteiger partial charge in [-0.15, -0.1) is 11.8 Å². The van der Waals surface area contributed by atoms with Crippen molar-refractivity contribution in [3.63, 3.8) is 0 Å². The standard InChI is InChI=1S/C24H26N2O5S2/c1-16-5-10-20(11-6-16)32-17(2)24(27)25-18-7-12-21(13-8-18)33(28,29)26-22-14-9-19(30-3)15-23(22)31-4/h5-15,17,26H,1-4H3,(H,25,27)/t17-/m0/s1. The summed E-state index contributed by atoms with van der Waals surface area (Å²) in [5, 5.41) is 2.50. The summed E-state index contributed by atoms with van der Waals surface area (Å²) in [7, 11) is -0.898. The second-order valence-electron chi connectivity index (χ2n) is 7.26. The van der Waals surface area contributed by atoms with Crippen LogP contribution in [-0.2, 0) is 14.8 Å². The van der Waals surface area contributed by atoms with Crippen LogP contribution in [0.15, 0.2) is 76.5 Å². The summed E-state index contributed by atoms with van der Waals surface area (Å²) in [4.78, 5) is 13.6. The van der Waals surface area contributed by atoms with Crippen LogP contribution in [0.5, 0.6) is 11.5 Å². The molecule has 1 atom stereocenters. The first-order chi connectivity index (χ1) is 15.7. The molecule has 3 aromatic carbocycles. The number of carbonyl (C=O) groups excluding carboxylic acids is 1. The highest BCUT2D eigenvalue weighted by atomic mass is 32.2. The summed E-state index contributed by atoms with van der Waals surface area (Å²) in [6.07, 6.45) is 0. The number of hydrogen-bond acceptors (Lipinski definition) is 6. The molecule has 7 nitrogen and oxygen atoms in total. The molecule has 0 aliphatic carbocycles. The van der Waals surface area contributed by atoms with Crippen LogP contribution in [0.3, 0.4) is 0 Å². The smallest absolute Gasteiger partial charge is 0.262 e. The van der Waals surface area contributed by atoms with Gasteiger partial charge >= 0.3 is 0 Å². The zero-order chi connectivity index (χ0) is 24.0. The summed E-state index contributed by atoms with van der Waals surface area (Å²) in [6.45, 7) is 3.84. The number of ether oxygens (including phenoxy) is 2. The van der Waals surface area contributed by atoms with Crippen molar-refractivity contribution in [2.45, 2.75) is 28.9 Å². The fraction of sp³-hybridized carbons (Fsp3) is 0.208. The molecule has 3 aromatic rings. The highest BCUT2D eigenvalue weighted by molar-refractivity contribution is 8.00. The van der Waals surface area contributed by atoms with Crippen molar-refractivity contribution in [3.05, 3.63) is 72.3 Å². The highest BCUT2D eigenvalue weighted by Crippen LogP contribution is 2.31. The van der Waals surface area contributed by atoms with E-state index in [9.17, 15) is 13.2 Å². The van der Waals surface area contributed by atoms with E-state index in [2.05, 4.69) is 10.0 Å². The van der Waals surface area contributed by atoms with E-state index in [1.807, 2.05) is 38.1 Å². The van der Waals surface area contributed by atoms with Gasteiger partial charge in [0, 0.05) is 16.6 Å². The summed E-state index contributed by atoms with van der Waals surface area (Å²) < 4.78 is 38.5. The second-order valence-corrected chi connectivity index (χ2v) is 10.4. The molecule has 0 heterocycles. The van der Waals surface area contributed by atoms with Crippen molar-refractivity contribution in [1.29, 1.82) is 0 Å². The monoisotopic (exact) mass is 486 g/mol. The molecule has 9 heteroatoms. The van der Waals surface area contributed by atoms with Crippen LogP contribution in [0.25, 0.3) is 0 Å². The minimum absolute atomic E-state index is 0.0560. The number of benzene rings is 3. The Morgan fingerprint density at radius 2 is 1.61 bits per heavy atom. The molecule has 0 aliphatic heterocycles. The molecule has 33 heavy (non-hydrogen) atoms. The third kappa shape index (κ3) is 6.43. The Morgan fingerprint density at radius 3 is 2.21 bits per heavy atom. The average molecular weight is 487 g/mol. The van der Waals surface area contributed by atoms with Crippen molar-refractivity contribution in [3.8, 4) is 11.5 Å². The van der Waals surface area contributed by atoms with E-state index < -0.39 is 10.0 Å². The Balaban J connectivity index is 1.66. The first-order valence-electron chi connectivity index (χ1n) is 10.1. The predicted molar refractivity (Wildman–Crippen MR) is 132 cm³/mol. The molecule has 0 bridgehead atoms. The van der Waals surface area contributed by atoms with E-state index in [-0.39, 0.29) is 21.7 Å². The summed E-state index contributed by atoms with van der Waals surface area (Å²) >= 11 is 1.46. The van der Waals surface area contributed by atoms with Crippen molar-refractivity contribution in [1.82, 2.24) is 0 Å². The van der Waals surface area contributed by atoms with Crippen molar-refractivity contribution in [2.24, 2.45) is 0 Å². The largest absolute Gasteiger partial charge is 0.497 e. The van der Waals surface area contributed by atoms with Gasteiger partial charge in [0.05, 0.1) is 30.1 Å². The van der Waals surface area contributed by atoms with Gasteiger partial charge in [-0.1, -0.05) is 17.7 Å². The lowest BCUT2D eigenvalue weighted by molar-refractivity contribution is -0.115. The number of aryl methyl sites for hydroxylation is 1. The van der Waals surface area contributed by atoms with Crippen LogP contribution >= 0.6 is 11.8 Å². The van der Waals surface area contributed by atoms with Gasteiger partial charge in [0.15, 0.2) is 0 Å². The van der Waals surface area contributed by atoms with Crippen molar-refractivity contribution >= 4 is 39.1 Å². The van der Waals surface area contributed by atoms with Crippen molar-refractivity contribution in [2.75, 3.05) is 24.3 Å². The number of thioether (sulfide) groups is 1. The fourth-order valence-electron chi connectivity index (χ4n) is 2.92. The summed E-state index contributed by atoms with van der Waals surface area (Å²) in [5.74, 6) is 0.712. The van der Waals surface area contributed by atoms with Crippen LogP contribution in [0.1, 0.15) is 12.5 Å². The SMILES string of the molecule is COc1ccc(NS(=O)(=O)c2ccc(NC(=O)[C@H](C)Sc3ccc(C)cc3)cc2)c(OC)c1. The van der Waals surface area contributed by atoms with Gasteiger partial charge in [-0.2, -0.15) is 0 Å². The Morgan fingerprint density at radius 1 is 0.939 bits per heavy atom. The maximum atomic E-state index is 12.8. The first-order valence-corrected chi connectivity index (χ1v) is 12.5. The third-order valence-corrected chi connectivity index (χ3v) is 7.28. The number of rotatable bonds is 9. The zero-order valence-electron chi connectivity index (χ0n) is 18.8. The number of anilines is 2. The van der Waals surface area contributed by atoms with Gasteiger partial charge < -0.3 is 14.8 Å². The first kappa shape index (κ1) is 24.5. The molecule has 0 aliphatic rings. The maximum Gasteiger partial charge on any atom is 0.262 e. The number of carbonyl (C=O) groups is 1. The van der Waals surface area contributed by atoms with Crippen molar-refractivity contribution < 1.29 is 22.7 Å². The van der Waals surface area contributed by atoms with E-state index in [4.69, 9.17) is 9.47 Å². The van der Waals surface area contributed by atoms with E-state index in [1.54, 1.807) is 30.3 Å². The molecule has 0 saturated carbocycles. The molecule has 0 fully saturated rings. The summed E-state index contributed by atoms with van der Waals surface area (Å²) in [6, 6.07) is 18.7. The maximum absolute atomic E-state index is 12.8. The number of nitrogens with one attached hydrogen (secondary N) is 2. The molecule has 0 spiro atoms. The lowest BCUT2D eigenvalue weighted by Crippen LogP contribution is -2.22. The Hall–Kier alpha value is -3.17. The summed E-state index contributed by atoms with van der Waals surface area (Å²) in [5.41, 5.74) is 1.96. The van der Waals surface area contributed by atoms with E-state index in [0.717, 1.165) is 10.5 Å². The lowest BCUT2D eigenvalue weighted by Gasteiger charge is -2.14. The molecule has 3 rings (SSSR count). The van der Waals surface area contributed by atoms with Crippen LogP contribution < -0.4 is 19.5 Å². The molecular weight excluding hydrogens is 460 g/mol. The minimum Gasteiger partial charge on any atom is -0.497 e. The average Bonchev–Trinajstić information content (AvgIpc) is 2.81. The number of methoxy groups -OCH3 is 2. The molecule has 0 unspecified atom stereocenters. The molecular formula is C24H26N2O5S2. The lowest BCUT2D eigenvalue weighted by atomic mass is 10.2. The number of amides is 1. The number of sulfonamides is 1. The molecule has 1 amide bonds.